The van der Waals surface area contributed by atoms with E-state index in [2.05, 4.69) is 4.98 Å². The smallest absolute Gasteiger partial charge is 0.408 e. The Hall–Kier alpha value is -1.89. The molecule has 0 bridgehead atoms. The van der Waals surface area contributed by atoms with Crippen molar-refractivity contribution in [2.45, 2.75) is 38.8 Å². The van der Waals surface area contributed by atoms with Gasteiger partial charge in [-0.15, -0.1) is 0 Å². The number of aliphatic hydroxyl groups excluding tert-OH is 1. The molecule has 7 heteroatoms. The van der Waals surface area contributed by atoms with Gasteiger partial charge in [-0.2, -0.15) is 0 Å². The number of hydrogen-bond acceptors (Lipinski definition) is 4. The Morgan fingerprint density at radius 2 is 2.18 bits per heavy atom. The summed E-state index contributed by atoms with van der Waals surface area (Å²) in [5, 5.41) is 19.7. The number of nitrogens with zero attached hydrogens (tertiary/aromatic N) is 2. The van der Waals surface area contributed by atoms with Crippen LogP contribution in [0.5, 0.6) is 5.88 Å². The van der Waals surface area contributed by atoms with E-state index in [0.717, 1.165) is 11.1 Å². The summed E-state index contributed by atoms with van der Waals surface area (Å²) in [7, 11) is 1.40. The van der Waals surface area contributed by atoms with Crippen LogP contribution in [0.25, 0.3) is 0 Å². The lowest BCUT2D eigenvalue weighted by Crippen LogP contribution is -2.53. The molecule has 0 unspecified atom stereocenters. The monoisotopic (exact) mass is 312 g/mol. The number of β-amino-alcohol motifs (C(OH)–C–C–N with tert-alkyl or cyclic N) is 1. The molecule has 0 aliphatic carbocycles. The van der Waals surface area contributed by atoms with Gasteiger partial charge in [0.15, 0.2) is 0 Å². The molecule has 2 atom stereocenters. The second kappa shape index (κ2) is 5.39. The first-order chi connectivity index (χ1) is 10.1. The van der Waals surface area contributed by atoms with Gasteiger partial charge < -0.3 is 14.9 Å². The van der Waals surface area contributed by atoms with Crippen molar-refractivity contribution in [1.82, 2.24) is 9.88 Å². The average molecular weight is 312 g/mol. The Balaban J connectivity index is 2.76. The summed E-state index contributed by atoms with van der Waals surface area (Å²) in [5.41, 5.74) is -1.40. The lowest BCUT2D eigenvalue weighted by atomic mass is 9.67. The van der Waals surface area contributed by atoms with Crippen LogP contribution in [-0.2, 0) is 5.54 Å². The Bertz CT molecular complexity index is 587. The maximum Gasteiger partial charge on any atom is 0.408 e. The molecule has 0 radical (unpaired) electrons. The van der Waals surface area contributed by atoms with Gasteiger partial charge in [0.25, 0.3) is 0 Å². The Morgan fingerprint density at radius 3 is 2.68 bits per heavy atom. The van der Waals surface area contributed by atoms with E-state index in [1.807, 2.05) is 20.8 Å². The predicted molar refractivity (Wildman–Crippen MR) is 77.2 cm³/mol. The van der Waals surface area contributed by atoms with E-state index < -0.39 is 29.0 Å². The molecular weight excluding hydrogens is 291 g/mol. The molecular formula is C15H21FN2O4. The third-order valence-corrected chi connectivity index (χ3v) is 4.31. The molecule has 1 aromatic rings. The number of carbonyl (C=O) groups is 1. The van der Waals surface area contributed by atoms with Gasteiger partial charge in [0.1, 0.15) is 5.82 Å². The zero-order chi connectivity index (χ0) is 16.7. The van der Waals surface area contributed by atoms with Crippen molar-refractivity contribution < 1.29 is 24.1 Å². The number of hydrogen-bond donors (Lipinski definition) is 2. The largest absolute Gasteiger partial charge is 0.481 e. The highest BCUT2D eigenvalue weighted by atomic mass is 19.1. The summed E-state index contributed by atoms with van der Waals surface area (Å²) >= 11 is 0. The van der Waals surface area contributed by atoms with Crippen LogP contribution < -0.4 is 4.74 Å². The molecule has 1 aliphatic rings. The molecule has 1 fully saturated rings. The molecule has 0 aromatic carbocycles. The number of methoxy groups -OCH3 is 1. The molecule has 0 spiro atoms. The van der Waals surface area contributed by atoms with Crippen LogP contribution in [0.4, 0.5) is 9.18 Å². The van der Waals surface area contributed by atoms with Crippen LogP contribution in [0.3, 0.4) is 0 Å². The van der Waals surface area contributed by atoms with Crippen molar-refractivity contribution in [3.63, 3.8) is 0 Å². The molecule has 0 saturated carbocycles. The van der Waals surface area contributed by atoms with Gasteiger partial charge in [0, 0.05) is 12.0 Å². The van der Waals surface area contributed by atoms with Crippen LogP contribution in [0.15, 0.2) is 12.3 Å². The number of rotatable bonds is 2. The van der Waals surface area contributed by atoms with Gasteiger partial charge in [0.05, 0.1) is 31.5 Å². The minimum atomic E-state index is -1.17. The van der Waals surface area contributed by atoms with E-state index in [-0.39, 0.29) is 18.8 Å². The number of aromatic nitrogens is 1. The van der Waals surface area contributed by atoms with E-state index in [1.165, 1.54) is 13.2 Å². The third kappa shape index (κ3) is 2.39. The minimum Gasteiger partial charge on any atom is -0.481 e. The Kier molecular flexibility index (Phi) is 4.04. The van der Waals surface area contributed by atoms with Gasteiger partial charge in [-0.25, -0.2) is 14.2 Å². The highest BCUT2D eigenvalue weighted by Crippen LogP contribution is 2.53. The molecule has 22 heavy (non-hydrogen) atoms. The summed E-state index contributed by atoms with van der Waals surface area (Å²) in [6, 6.07) is 1.24. The molecule has 2 heterocycles. The minimum absolute atomic E-state index is 0.0354. The molecule has 122 valence electrons. The van der Waals surface area contributed by atoms with Crippen LogP contribution in [0, 0.1) is 11.2 Å². The van der Waals surface area contributed by atoms with Crippen LogP contribution in [0.2, 0.25) is 0 Å². The average Bonchev–Trinajstić information content (AvgIpc) is 2.77. The van der Waals surface area contributed by atoms with Crippen LogP contribution in [0.1, 0.15) is 32.8 Å². The van der Waals surface area contributed by atoms with Crippen molar-refractivity contribution in [3.8, 4) is 5.88 Å². The quantitative estimate of drug-likeness (QED) is 0.875. The molecule has 1 aromatic heterocycles. The van der Waals surface area contributed by atoms with Crippen LogP contribution >= 0.6 is 0 Å². The number of likely N-dealkylation sites (tertiary alicyclic amines) is 1. The van der Waals surface area contributed by atoms with Gasteiger partial charge in [-0.05, 0) is 11.5 Å². The number of halogens is 1. The first-order valence-corrected chi connectivity index (χ1v) is 7.02. The second-order valence-corrected chi connectivity index (χ2v) is 6.57. The summed E-state index contributed by atoms with van der Waals surface area (Å²) in [6.07, 6.45) is -0.819. The standard InChI is InChI=1S/C15H21FN2O4/c1-14(2,3)15(6-10(19)8-18(15)13(20)21)11-5-9(16)7-17-12(11)22-4/h5,7,10,19H,6,8H2,1-4H3,(H,20,21)/t10-,15+/m1/s1. The zero-order valence-electron chi connectivity index (χ0n) is 13.1. The zero-order valence-corrected chi connectivity index (χ0v) is 13.1. The Labute approximate surface area is 128 Å². The van der Waals surface area contributed by atoms with Crippen molar-refractivity contribution in [2.75, 3.05) is 13.7 Å². The highest BCUT2D eigenvalue weighted by molar-refractivity contribution is 5.68. The summed E-state index contributed by atoms with van der Waals surface area (Å²) in [6.45, 7) is 5.52. The van der Waals surface area contributed by atoms with E-state index >= 15 is 0 Å². The van der Waals surface area contributed by atoms with Gasteiger partial charge in [-0.3, -0.25) is 4.90 Å². The number of ether oxygens (including phenoxy) is 1. The first kappa shape index (κ1) is 16.5. The van der Waals surface area contributed by atoms with Gasteiger partial charge >= 0.3 is 6.09 Å². The Morgan fingerprint density at radius 1 is 1.55 bits per heavy atom. The number of carboxylic acid groups (broad SMARTS) is 1. The topological polar surface area (TPSA) is 82.9 Å². The van der Waals surface area contributed by atoms with Gasteiger partial charge in [0.2, 0.25) is 5.88 Å². The maximum absolute atomic E-state index is 13.8. The molecule has 1 aliphatic heterocycles. The normalized spacial score (nSPS) is 25.4. The summed E-state index contributed by atoms with van der Waals surface area (Å²) in [4.78, 5) is 16.8. The SMILES string of the molecule is COc1ncc(F)cc1[C@]1(C(C)(C)C)C[C@@H](O)CN1C(=O)O. The molecule has 2 N–H and O–H groups in total. The summed E-state index contributed by atoms with van der Waals surface area (Å²) < 4.78 is 19.0. The van der Waals surface area contributed by atoms with Crippen molar-refractivity contribution in [2.24, 2.45) is 5.41 Å². The number of aliphatic hydroxyl groups is 1. The number of pyridine rings is 1. The fourth-order valence-corrected chi connectivity index (χ4v) is 3.38. The molecule has 1 amide bonds. The van der Waals surface area contributed by atoms with Crippen molar-refractivity contribution >= 4 is 6.09 Å². The molecule has 2 rings (SSSR count). The van der Waals surface area contributed by atoms with E-state index in [4.69, 9.17) is 4.74 Å². The van der Waals surface area contributed by atoms with E-state index in [1.54, 1.807) is 0 Å². The predicted octanol–water partition coefficient (Wildman–Crippen LogP) is 2.22. The molecule has 1 saturated heterocycles. The number of amides is 1. The lowest BCUT2D eigenvalue weighted by molar-refractivity contribution is 0.0247. The fraction of sp³-hybridized carbons (Fsp3) is 0.600. The lowest BCUT2D eigenvalue weighted by Gasteiger charge is -2.47. The fourth-order valence-electron chi connectivity index (χ4n) is 3.38. The summed E-state index contributed by atoms with van der Waals surface area (Å²) in [5.74, 6) is -0.414. The van der Waals surface area contributed by atoms with Crippen LogP contribution in [-0.4, -0.2) is 45.9 Å². The first-order valence-electron chi connectivity index (χ1n) is 7.02. The van der Waals surface area contributed by atoms with E-state index in [0.29, 0.717) is 5.56 Å². The highest BCUT2D eigenvalue weighted by Gasteiger charge is 2.57. The third-order valence-electron chi connectivity index (χ3n) is 4.31. The molecule has 6 nitrogen and oxygen atoms in total. The van der Waals surface area contributed by atoms with E-state index in [9.17, 15) is 19.4 Å². The second-order valence-electron chi connectivity index (χ2n) is 6.57. The maximum atomic E-state index is 13.8. The van der Waals surface area contributed by atoms with Gasteiger partial charge in [-0.1, -0.05) is 20.8 Å². The van der Waals surface area contributed by atoms with Crippen molar-refractivity contribution in [3.05, 3.63) is 23.6 Å². The van der Waals surface area contributed by atoms with Crippen molar-refractivity contribution in [1.29, 1.82) is 0 Å².